The van der Waals surface area contributed by atoms with E-state index in [2.05, 4.69) is 10.6 Å². The highest BCUT2D eigenvalue weighted by atomic mass is 35.5. The lowest BCUT2D eigenvalue weighted by molar-refractivity contribution is -0.124. The summed E-state index contributed by atoms with van der Waals surface area (Å²) in [4.78, 5) is 11.6. The third kappa shape index (κ3) is 4.82. The molecule has 0 spiro atoms. The lowest BCUT2D eigenvalue weighted by Crippen LogP contribution is -2.50. The van der Waals surface area contributed by atoms with Crippen LogP contribution in [0.3, 0.4) is 0 Å². The van der Waals surface area contributed by atoms with Crippen molar-refractivity contribution >= 4 is 18.3 Å². The van der Waals surface area contributed by atoms with Crippen molar-refractivity contribution < 1.29 is 4.79 Å². The lowest BCUT2D eigenvalue weighted by atomic mass is 10.0. The molecule has 0 aromatic rings. The van der Waals surface area contributed by atoms with Crippen LogP contribution in [0.1, 0.15) is 26.7 Å². The topological polar surface area (TPSA) is 67.2 Å². The Morgan fingerprint density at radius 1 is 1.40 bits per heavy atom. The summed E-state index contributed by atoms with van der Waals surface area (Å²) in [7, 11) is 0. The normalized spacial score (nSPS) is 19.5. The Balaban J connectivity index is 0.00000196. The van der Waals surface area contributed by atoms with Gasteiger partial charge in [-0.3, -0.25) is 4.79 Å². The average molecular weight is 236 g/mol. The van der Waals surface area contributed by atoms with E-state index in [0.717, 1.165) is 25.9 Å². The highest BCUT2D eigenvalue weighted by Gasteiger charge is 2.21. The van der Waals surface area contributed by atoms with Gasteiger partial charge in [-0.25, -0.2) is 0 Å². The molecule has 0 aromatic heterocycles. The first-order valence-corrected chi connectivity index (χ1v) is 5.38. The van der Waals surface area contributed by atoms with Crippen LogP contribution in [-0.4, -0.2) is 31.1 Å². The maximum Gasteiger partial charge on any atom is 0.237 e. The van der Waals surface area contributed by atoms with Gasteiger partial charge in [0.2, 0.25) is 5.91 Å². The van der Waals surface area contributed by atoms with Crippen molar-refractivity contribution in [3.8, 4) is 0 Å². The fourth-order valence-corrected chi connectivity index (χ4v) is 1.57. The van der Waals surface area contributed by atoms with Gasteiger partial charge in [0.15, 0.2) is 0 Å². The Hall–Kier alpha value is -0.320. The van der Waals surface area contributed by atoms with E-state index in [4.69, 9.17) is 5.73 Å². The molecule has 0 radical (unpaired) electrons. The van der Waals surface area contributed by atoms with Crippen LogP contribution in [0.15, 0.2) is 0 Å². The summed E-state index contributed by atoms with van der Waals surface area (Å²) < 4.78 is 0. The van der Waals surface area contributed by atoms with Gasteiger partial charge in [0, 0.05) is 6.04 Å². The minimum Gasteiger partial charge on any atom is -0.352 e. The second-order valence-electron chi connectivity index (χ2n) is 4.30. The first-order valence-electron chi connectivity index (χ1n) is 5.38. The third-order valence-corrected chi connectivity index (χ3v) is 2.71. The summed E-state index contributed by atoms with van der Waals surface area (Å²) in [5.74, 6) is 0.198. The van der Waals surface area contributed by atoms with Crippen LogP contribution in [0, 0.1) is 5.92 Å². The van der Waals surface area contributed by atoms with Crippen molar-refractivity contribution in [1.82, 2.24) is 10.6 Å². The Bertz CT molecular complexity index is 193. The number of hydrogen-bond acceptors (Lipinski definition) is 3. The molecule has 0 aliphatic carbocycles. The summed E-state index contributed by atoms with van der Waals surface area (Å²) in [6, 6.07) is -0.0570. The maximum absolute atomic E-state index is 11.6. The zero-order valence-electron chi connectivity index (χ0n) is 9.45. The third-order valence-electron chi connectivity index (χ3n) is 2.71. The smallest absolute Gasteiger partial charge is 0.237 e. The molecule has 4 nitrogen and oxygen atoms in total. The summed E-state index contributed by atoms with van der Waals surface area (Å²) in [5.41, 5.74) is 5.75. The monoisotopic (exact) mass is 235 g/mol. The predicted molar refractivity (Wildman–Crippen MR) is 64.1 cm³/mol. The standard InChI is InChI=1S/C10H21N3O.ClH/c1-7(2)9(11)10(14)13-8-3-5-12-6-4-8;/h7-9,12H,3-6,11H2,1-2H3,(H,13,14);1H/t9-;/m0./s1. The van der Waals surface area contributed by atoms with Crippen molar-refractivity contribution in [2.75, 3.05) is 13.1 Å². The molecule has 0 bridgehead atoms. The summed E-state index contributed by atoms with van der Waals surface area (Å²) >= 11 is 0. The molecule has 1 amide bonds. The molecule has 15 heavy (non-hydrogen) atoms. The van der Waals surface area contributed by atoms with Crippen LogP contribution >= 0.6 is 12.4 Å². The molecule has 1 rings (SSSR count). The van der Waals surface area contributed by atoms with Crippen molar-refractivity contribution in [3.63, 3.8) is 0 Å². The van der Waals surface area contributed by atoms with Crippen molar-refractivity contribution in [1.29, 1.82) is 0 Å². The van der Waals surface area contributed by atoms with Gasteiger partial charge in [0.1, 0.15) is 0 Å². The number of carbonyl (C=O) groups excluding carboxylic acids is 1. The van der Waals surface area contributed by atoms with Crippen molar-refractivity contribution in [3.05, 3.63) is 0 Å². The Kier molecular flexibility index (Phi) is 6.89. The molecule has 1 heterocycles. The van der Waals surface area contributed by atoms with E-state index in [9.17, 15) is 4.79 Å². The summed E-state index contributed by atoms with van der Waals surface area (Å²) in [6.07, 6.45) is 2.02. The van der Waals surface area contributed by atoms with Crippen LogP contribution in [-0.2, 0) is 4.79 Å². The van der Waals surface area contributed by atoms with Gasteiger partial charge in [-0.15, -0.1) is 12.4 Å². The average Bonchev–Trinajstić information content (AvgIpc) is 2.18. The van der Waals surface area contributed by atoms with Crippen LogP contribution in [0.25, 0.3) is 0 Å². The fraction of sp³-hybridized carbons (Fsp3) is 0.900. The molecular formula is C10H22ClN3O. The number of nitrogens with two attached hydrogens (primary N) is 1. The number of nitrogens with one attached hydrogen (secondary N) is 2. The van der Waals surface area contributed by atoms with Gasteiger partial charge in [0.25, 0.3) is 0 Å². The van der Waals surface area contributed by atoms with Crippen molar-refractivity contribution in [2.24, 2.45) is 11.7 Å². The minimum absolute atomic E-state index is 0. The largest absolute Gasteiger partial charge is 0.352 e. The molecule has 90 valence electrons. The zero-order valence-corrected chi connectivity index (χ0v) is 10.3. The first-order chi connectivity index (χ1) is 6.61. The predicted octanol–water partition coefficient (Wildman–Crippen LogP) is 0.260. The molecule has 5 heteroatoms. The van der Waals surface area contributed by atoms with E-state index in [1.165, 1.54) is 0 Å². The Morgan fingerprint density at radius 2 is 1.93 bits per heavy atom. The van der Waals surface area contributed by atoms with Crippen molar-refractivity contribution in [2.45, 2.75) is 38.8 Å². The van der Waals surface area contributed by atoms with Gasteiger partial charge in [0.05, 0.1) is 6.04 Å². The fourth-order valence-electron chi connectivity index (χ4n) is 1.57. The number of rotatable bonds is 3. The molecule has 0 aromatic carbocycles. The summed E-state index contributed by atoms with van der Waals surface area (Å²) in [5, 5.41) is 6.25. The van der Waals surface area contributed by atoms with Crippen LogP contribution in [0.2, 0.25) is 0 Å². The van der Waals surface area contributed by atoms with E-state index in [1.807, 2.05) is 13.8 Å². The first kappa shape index (κ1) is 14.7. The molecular weight excluding hydrogens is 214 g/mol. The molecule has 0 unspecified atom stereocenters. The minimum atomic E-state index is -0.370. The Morgan fingerprint density at radius 3 is 2.40 bits per heavy atom. The van der Waals surface area contributed by atoms with Gasteiger partial charge in [-0.1, -0.05) is 13.8 Å². The van der Waals surface area contributed by atoms with Crippen LogP contribution < -0.4 is 16.4 Å². The van der Waals surface area contributed by atoms with E-state index in [1.54, 1.807) is 0 Å². The highest BCUT2D eigenvalue weighted by Crippen LogP contribution is 2.04. The van der Waals surface area contributed by atoms with E-state index in [-0.39, 0.29) is 30.3 Å². The Labute approximate surface area is 97.8 Å². The quantitative estimate of drug-likeness (QED) is 0.658. The van der Waals surface area contributed by atoms with Gasteiger partial charge >= 0.3 is 0 Å². The van der Waals surface area contributed by atoms with E-state index >= 15 is 0 Å². The number of hydrogen-bond donors (Lipinski definition) is 3. The number of piperidine rings is 1. The molecule has 1 aliphatic heterocycles. The lowest BCUT2D eigenvalue weighted by Gasteiger charge is -2.26. The molecule has 0 saturated carbocycles. The number of carbonyl (C=O) groups is 1. The number of halogens is 1. The van der Waals surface area contributed by atoms with Gasteiger partial charge in [-0.05, 0) is 31.8 Å². The molecule has 1 fully saturated rings. The molecule has 1 atom stereocenters. The van der Waals surface area contributed by atoms with Crippen LogP contribution in [0.5, 0.6) is 0 Å². The summed E-state index contributed by atoms with van der Waals surface area (Å²) in [6.45, 7) is 5.91. The maximum atomic E-state index is 11.6. The van der Waals surface area contributed by atoms with E-state index < -0.39 is 0 Å². The highest BCUT2D eigenvalue weighted by molar-refractivity contribution is 5.85. The van der Waals surface area contributed by atoms with E-state index in [0.29, 0.717) is 6.04 Å². The molecule has 1 aliphatic rings. The zero-order chi connectivity index (χ0) is 10.6. The SMILES string of the molecule is CC(C)[C@H](N)C(=O)NC1CCNCC1.Cl. The second-order valence-corrected chi connectivity index (χ2v) is 4.30. The number of amides is 1. The molecule has 1 saturated heterocycles. The van der Waals surface area contributed by atoms with Crippen LogP contribution in [0.4, 0.5) is 0 Å². The second kappa shape index (κ2) is 7.04. The molecule has 4 N–H and O–H groups in total. The van der Waals surface area contributed by atoms with Gasteiger partial charge in [-0.2, -0.15) is 0 Å². The van der Waals surface area contributed by atoms with Gasteiger partial charge < -0.3 is 16.4 Å².